The molecule has 0 unspecified atom stereocenters. The van der Waals surface area contributed by atoms with Crippen LogP contribution >= 0.6 is 0 Å². The average molecular weight is 255 g/mol. The Morgan fingerprint density at radius 3 is 2.72 bits per heavy atom. The molecule has 3 heteroatoms. The highest BCUT2D eigenvalue weighted by Crippen LogP contribution is 2.30. The minimum atomic E-state index is -0.239. The second-order valence-electron chi connectivity index (χ2n) is 6.04. The molecule has 1 fully saturated rings. The number of likely N-dealkylation sites (tertiary alicyclic amines) is 1. The van der Waals surface area contributed by atoms with Gasteiger partial charge in [0.25, 0.3) is 0 Å². The number of nitrogens with zero attached hydrogens (tertiary/aromatic N) is 1. The maximum atomic E-state index is 12.5. The molecule has 3 nitrogen and oxygen atoms in total. The van der Waals surface area contributed by atoms with Crippen LogP contribution in [-0.4, -0.2) is 36.1 Å². The van der Waals surface area contributed by atoms with Gasteiger partial charge in [-0.3, -0.25) is 4.79 Å². The summed E-state index contributed by atoms with van der Waals surface area (Å²) in [7, 11) is 1.74. The van der Waals surface area contributed by atoms with E-state index in [-0.39, 0.29) is 17.6 Å². The number of hydrogen-bond donors (Lipinski definition) is 0. The Bertz CT molecular complexity index is 276. The first-order valence-electron chi connectivity index (χ1n) is 7.29. The van der Waals surface area contributed by atoms with E-state index in [2.05, 4.69) is 32.6 Å². The third-order valence-electron chi connectivity index (χ3n) is 4.28. The van der Waals surface area contributed by atoms with Crippen molar-refractivity contribution in [1.29, 1.82) is 0 Å². The molecule has 2 atom stereocenters. The van der Waals surface area contributed by atoms with Gasteiger partial charge in [0.2, 0.25) is 5.91 Å². The molecule has 1 aliphatic heterocycles. The van der Waals surface area contributed by atoms with Gasteiger partial charge < -0.3 is 9.64 Å². The van der Waals surface area contributed by atoms with Crippen molar-refractivity contribution < 1.29 is 9.53 Å². The van der Waals surface area contributed by atoms with Crippen molar-refractivity contribution in [2.75, 3.05) is 13.7 Å². The van der Waals surface area contributed by atoms with Crippen molar-refractivity contribution in [3.8, 4) is 0 Å². The molecular formula is C15H29NO2. The van der Waals surface area contributed by atoms with Gasteiger partial charge in [-0.15, -0.1) is 0 Å². The van der Waals surface area contributed by atoms with Crippen molar-refractivity contribution in [3.63, 3.8) is 0 Å². The van der Waals surface area contributed by atoms with E-state index in [1.165, 1.54) is 0 Å². The standard InChI is InChI=1S/C15H29NO2/c1-6-7-9-12(2)14(17)16-11-8-10-13(16)15(3,4)18-5/h12-13H,6-11H2,1-5H3/t12-,13-/m0/s1. The SMILES string of the molecule is CCCC[C@H](C)C(=O)N1CCC[C@H]1C(C)(C)OC. The Hall–Kier alpha value is -0.570. The molecule has 18 heavy (non-hydrogen) atoms. The highest BCUT2D eigenvalue weighted by Gasteiger charge is 2.40. The Labute approximate surface area is 112 Å². The number of methoxy groups -OCH3 is 1. The second-order valence-corrected chi connectivity index (χ2v) is 6.04. The van der Waals surface area contributed by atoms with Gasteiger partial charge >= 0.3 is 0 Å². The predicted octanol–water partition coefficient (Wildman–Crippen LogP) is 3.23. The lowest BCUT2D eigenvalue weighted by molar-refractivity contribution is -0.142. The zero-order chi connectivity index (χ0) is 13.8. The maximum absolute atomic E-state index is 12.5. The van der Waals surface area contributed by atoms with E-state index < -0.39 is 0 Å². The number of carbonyl (C=O) groups is 1. The molecular weight excluding hydrogens is 226 g/mol. The van der Waals surface area contributed by atoms with Crippen LogP contribution in [0.1, 0.15) is 59.8 Å². The van der Waals surface area contributed by atoms with E-state index in [1.54, 1.807) is 7.11 Å². The monoisotopic (exact) mass is 255 g/mol. The van der Waals surface area contributed by atoms with E-state index in [0.29, 0.717) is 5.91 Å². The number of ether oxygens (including phenoxy) is 1. The number of amides is 1. The molecule has 106 valence electrons. The molecule has 0 aromatic rings. The van der Waals surface area contributed by atoms with Crippen LogP contribution in [0.15, 0.2) is 0 Å². The van der Waals surface area contributed by atoms with Crippen LogP contribution in [-0.2, 0) is 9.53 Å². The van der Waals surface area contributed by atoms with Gasteiger partial charge in [0.05, 0.1) is 11.6 Å². The lowest BCUT2D eigenvalue weighted by Crippen LogP contribution is -2.50. The summed E-state index contributed by atoms with van der Waals surface area (Å²) in [5, 5.41) is 0. The van der Waals surface area contributed by atoms with Crippen molar-refractivity contribution in [2.24, 2.45) is 5.92 Å². The molecule has 0 aromatic carbocycles. The fourth-order valence-electron chi connectivity index (χ4n) is 2.81. The quantitative estimate of drug-likeness (QED) is 0.729. The Kier molecular flexibility index (Phi) is 5.64. The van der Waals surface area contributed by atoms with Crippen LogP contribution in [0.3, 0.4) is 0 Å². The molecule has 0 aliphatic carbocycles. The van der Waals surface area contributed by atoms with Crippen LogP contribution in [0.25, 0.3) is 0 Å². The second kappa shape index (κ2) is 6.55. The van der Waals surface area contributed by atoms with E-state index in [9.17, 15) is 4.79 Å². The van der Waals surface area contributed by atoms with Crippen LogP contribution in [0.5, 0.6) is 0 Å². The fraction of sp³-hybridized carbons (Fsp3) is 0.933. The van der Waals surface area contributed by atoms with Gasteiger partial charge in [0.1, 0.15) is 0 Å². The summed E-state index contributed by atoms with van der Waals surface area (Å²) in [6.07, 6.45) is 5.46. The van der Waals surface area contributed by atoms with Gasteiger partial charge in [-0.2, -0.15) is 0 Å². The zero-order valence-electron chi connectivity index (χ0n) is 12.7. The molecule has 1 aliphatic rings. The molecule has 1 heterocycles. The van der Waals surface area contributed by atoms with Crippen LogP contribution in [0, 0.1) is 5.92 Å². The topological polar surface area (TPSA) is 29.5 Å². The smallest absolute Gasteiger partial charge is 0.225 e. The first-order chi connectivity index (χ1) is 8.44. The summed E-state index contributed by atoms with van der Waals surface area (Å²) >= 11 is 0. The van der Waals surface area contributed by atoms with Gasteiger partial charge in [-0.1, -0.05) is 26.7 Å². The van der Waals surface area contributed by atoms with Crippen LogP contribution < -0.4 is 0 Å². The van der Waals surface area contributed by atoms with Crippen molar-refractivity contribution >= 4 is 5.91 Å². The van der Waals surface area contributed by atoms with Crippen LogP contribution in [0.2, 0.25) is 0 Å². The van der Waals surface area contributed by atoms with E-state index in [1.807, 2.05) is 0 Å². The van der Waals surface area contributed by atoms with Gasteiger partial charge in [-0.25, -0.2) is 0 Å². The zero-order valence-corrected chi connectivity index (χ0v) is 12.7. The van der Waals surface area contributed by atoms with Gasteiger partial charge in [-0.05, 0) is 33.1 Å². The summed E-state index contributed by atoms with van der Waals surface area (Å²) in [4.78, 5) is 14.6. The summed E-state index contributed by atoms with van der Waals surface area (Å²) in [6, 6.07) is 0.235. The minimum Gasteiger partial charge on any atom is -0.377 e. The first kappa shape index (κ1) is 15.5. The third kappa shape index (κ3) is 3.47. The number of rotatable bonds is 6. The molecule has 0 bridgehead atoms. The minimum absolute atomic E-state index is 0.151. The highest BCUT2D eigenvalue weighted by molar-refractivity contribution is 5.79. The van der Waals surface area contributed by atoms with E-state index in [0.717, 1.165) is 38.6 Å². The lowest BCUT2D eigenvalue weighted by atomic mass is 9.94. The molecule has 1 saturated heterocycles. The third-order valence-corrected chi connectivity index (χ3v) is 4.28. The molecule has 0 saturated carbocycles. The Morgan fingerprint density at radius 1 is 1.50 bits per heavy atom. The molecule has 0 spiro atoms. The van der Waals surface area contributed by atoms with Crippen LogP contribution in [0.4, 0.5) is 0 Å². The van der Waals surface area contributed by atoms with E-state index >= 15 is 0 Å². The van der Waals surface area contributed by atoms with Crippen molar-refractivity contribution in [3.05, 3.63) is 0 Å². The number of hydrogen-bond acceptors (Lipinski definition) is 2. The Morgan fingerprint density at radius 2 is 2.17 bits per heavy atom. The van der Waals surface area contributed by atoms with E-state index in [4.69, 9.17) is 4.74 Å². The molecule has 0 N–H and O–H groups in total. The molecule has 1 rings (SSSR count). The molecule has 0 radical (unpaired) electrons. The fourth-order valence-corrected chi connectivity index (χ4v) is 2.81. The number of carbonyl (C=O) groups excluding carboxylic acids is 1. The summed E-state index contributed by atoms with van der Waals surface area (Å²) < 4.78 is 5.57. The first-order valence-corrected chi connectivity index (χ1v) is 7.29. The van der Waals surface area contributed by atoms with Crippen molar-refractivity contribution in [1.82, 2.24) is 4.90 Å². The maximum Gasteiger partial charge on any atom is 0.225 e. The average Bonchev–Trinajstić information content (AvgIpc) is 2.84. The van der Waals surface area contributed by atoms with Crippen molar-refractivity contribution in [2.45, 2.75) is 71.4 Å². The summed E-state index contributed by atoms with van der Waals surface area (Å²) in [5.74, 6) is 0.467. The Balaban J connectivity index is 2.66. The molecule has 0 aromatic heterocycles. The normalized spacial score (nSPS) is 22.3. The summed E-state index contributed by atoms with van der Waals surface area (Å²) in [5.41, 5.74) is -0.239. The van der Waals surface area contributed by atoms with Gasteiger partial charge in [0.15, 0.2) is 0 Å². The largest absolute Gasteiger partial charge is 0.377 e. The number of unbranched alkanes of at least 4 members (excludes halogenated alkanes) is 1. The highest BCUT2D eigenvalue weighted by atomic mass is 16.5. The molecule has 1 amide bonds. The predicted molar refractivity (Wildman–Crippen MR) is 74.5 cm³/mol. The summed E-state index contributed by atoms with van der Waals surface area (Å²) in [6.45, 7) is 9.30. The van der Waals surface area contributed by atoms with Gasteiger partial charge in [0, 0.05) is 19.6 Å². The lowest BCUT2D eigenvalue weighted by Gasteiger charge is -2.37.